The van der Waals surface area contributed by atoms with Crippen molar-refractivity contribution in [1.82, 2.24) is 5.32 Å². The molecule has 0 radical (unpaired) electrons. The van der Waals surface area contributed by atoms with Crippen molar-refractivity contribution in [2.75, 3.05) is 20.5 Å². The number of carbonyl (C=O) groups excluding carboxylic acids is 1. The van der Waals surface area contributed by atoms with Crippen LogP contribution in [0.5, 0.6) is 0 Å². The van der Waals surface area contributed by atoms with Crippen molar-refractivity contribution in [3.8, 4) is 0 Å². The number of carbonyl (C=O) groups is 1. The van der Waals surface area contributed by atoms with Gasteiger partial charge in [-0.25, -0.2) is 4.79 Å². The third-order valence-corrected chi connectivity index (χ3v) is 1.24. The summed E-state index contributed by atoms with van der Waals surface area (Å²) in [5.74, 6) is 0. The second kappa shape index (κ2) is 8.88. The molecular formula is C10H20LiNO4. The molecule has 0 rings (SSSR count). The molecule has 0 saturated carbocycles. The predicted molar refractivity (Wildman–Crippen MR) is 56.3 cm³/mol. The molecule has 16 heavy (non-hydrogen) atoms. The van der Waals surface area contributed by atoms with Crippen molar-refractivity contribution in [2.45, 2.75) is 32.4 Å². The van der Waals surface area contributed by atoms with E-state index < -0.39 is 11.7 Å². The fourth-order valence-corrected chi connectivity index (χ4v) is 0.790. The number of amides is 1. The van der Waals surface area contributed by atoms with Gasteiger partial charge in [0.2, 0.25) is 0 Å². The van der Waals surface area contributed by atoms with E-state index in [1.165, 1.54) is 7.11 Å². The Balaban J connectivity index is 0. The maximum absolute atomic E-state index is 11.2. The molecule has 1 amide bonds. The Morgan fingerprint density at radius 3 is 2.44 bits per heavy atom. The van der Waals surface area contributed by atoms with Crippen LogP contribution in [0.2, 0.25) is 0 Å². The molecule has 1 N–H and O–H groups in total. The minimum atomic E-state index is -0.503. The van der Waals surface area contributed by atoms with Crippen LogP contribution in [-0.2, 0) is 14.2 Å². The predicted octanol–water partition coefficient (Wildman–Crippen LogP) is -1.66. The van der Waals surface area contributed by atoms with Gasteiger partial charge in [-0.05, 0) is 20.8 Å². The fourth-order valence-electron chi connectivity index (χ4n) is 0.790. The second-order valence-electron chi connectivity index (χ2n) is 4.12. The maximum atomic E-state index is 11.2. The summed E-state index contributed by atoms with van der Waals surface area (Å²) in [7, 11) is 1.53. The van der Waals surface area contributed by atoms with E-state index in [0.717, 1.165) is 0 Å². The van der Waals surface area contributed by atoms with Gasteiger partial charge >= 0.3 is 25.0 Å². The first-order valence-electron chi connectivity index (χ1n) is 4.74. The first-order chi connectivity index (χ1) is 6.85. The molecule has 0 aliphatic carbocycles. The molecule has 5 nitrogen and oxygen atoms in total. The summed E-state index contributed by atoms with van der Waals surface area (Å²) in [6.45, 7) is 9.55. The van der Waals surface area contributed by atoms with Crippen LogP contribution < -0.4 is 24.2 Å². The molecule has 0 aromatic rings. The topological polar surface area (TPSA) is 56.8 Å². The van der Waals surface area contributed by atoms with Gasteiger partial charge in [0.1, 0.15) is 12.4 Å². The summed E-state index contributed by atoms with van der Waals surface area (Å²) in [5.41, 5.74) is -0.503. The Hall–Kier alpha value is -0.213. The SMILES string of the molecule is [CH2-][C@@H](COCOC)NC(=O)OC(C)(C)C.[Li+]. The number of rotatable bonds is 5. The largest absolute Gasteiger partial charge is 1.00 e. The smallest absolute Gasteiger partial charge is 0.444 e. The molecule has 0 aliphatic heterocycles. The number of alkyl carbamates (subject to hydrolysis) is 1. The van der Waals surface area contributed by atoms with Crippen molar-refractivity contribution in [3.63, 3.8) is 0 Å². The molecule has 0 bridgehead atoms. The summed E-state index contributed by atoms with van der Waals surface area (Å²) >= 11 is 0. The second-order valence-corrected chi connectivity index (χ2v) is 4.12. The Morgan fingerprint density at radius 2 is 2.00 bits per heavy atom. The molecule has 0 heterocycles. The van der Waals surface area contributed by atoms with Crippen molar-refractivity contribution < 1.29 is 37.9 Å². The number of hydrogen-bond acceptors (Lipinski definition) is 4. The molecule has 0 aromatic carbocycles. The van der Waals surface area contributed by atoms with Crippen LogP contribution in [0.3, 0.4) is 0 Å². The van der Waals surface area contributed by atoms with Crippen molar-refractivity contribution in [2.24, 2.45) is 0 Å². The molecule has 6 heteroatoms. The van der Waals surface area contributed by atoms with Gasteiger partial charge in [-0.15, -0.1) is 0 Å². The zero-order valence-electron chi connectivity index (χ0n) is 10.8. The van der Waals surface area contributed by atoms with Gasteiger partial charge in [0.25, 0.3) is 0 Å². The van der Waals surface area contributed by atoms with Gasteiger partial charge < -0.3 is 26.5 Å². The molecule has 0 fully saturated rings. The van der Waals surface area contributed by atoms with Crippen LogP contribution in [-0.4, -0.2) is 38.2 Å². The van der Waals surface area contributed by atoms with E-state index in [4.69, 9.17) is 9.47 Å². The zero-order chi connectivity index (χ0) is 11.9. The summed E-state index contributed by atoms with van der Waals surface area (Å²) in [4.78, 5) is 11.2. The van der Waals surface area contributed by atoms with E-state index in [2.05, 4.69) is 17.0 Å². The molecule has 1 atom stereocenters. The van der Waals surface area contributed by atoms with E-state index in [1.54, 1.807) is 20.8 Å². The van der Waals surface area contributed by atoms with Crippen LogP contribution in [0, 0.1) is 6.92 Å². The van der Waals surface area contributed by atoms with Crippen LogP contribution in [0.25, 0.3) is 0 Å². The average molecular weight is 225 g/mol. The van der Waals surface area contributed by atoms with Crippen LogP contribution in [0.1, 0.15) is 20.8 Å². The Kier molecular flexibility index (Phi) is 10.1. The minimum Gasteiger partial charge on any atom is -0.444 e. The molecule has 90 valence electrons. The van der Waals surface area contributed by atoms with Crippen LogP contribution in [0.15, 0.2) is 0 Å². The summed E-state index contributed by atoms with van der Waals surface area (Å²) < 4.78 is 14.7. The van der Waals surface area contributed by atoms with E-state index >= 15 is 0 Å². The van der Waals surface area contributed by atoms with Gasteiger partial charge in [0.15, 0.2) is 0 Å². The Bertz CT molecular complexity index is 194. The van der Waals surface area contributed by atoms with Gasteiger partial charge in [-0.1, -0.05) is 6.04 Å². The summed E-state index contributed by atoms with van der Waals surface area (Å²) in [6, 6.07) is -0.352. The third kappa shape index (κ3) is 11.9. The Morgan fingerprint density at radius 1 is 1.44 bits per heavy atom. The van der Waals surface area contributed by atoms with E-state index in [9.17, 15) is 4.79 Å². The fraction of sp³-hybridized carbons (Fsp3) is 0.800. The van der Waals surface area contributed by atoms with E-state index in [-0.39, 0.29) is 38.3 Å². The number of ether oxygens (including phenoxy) is 3. The van der Waals surface area contributed by atoms with E-state index in [0.29, 0.717) is 0 Å². The number of methoxy groups -OCH3 is 1. The standard InChI is InChI=1S/C10H20NO4.Li/c1-8(6-14-7-13-5)11-9(12)15-10(2,3)4;/h8H,1,6-7H2,2-5H3,(H,11,12);/q-1;+1/t8-;/m0./s1. The quantitative estimate of drug-likeness (QED) is 0.263. The van der Waals surface area contributed by atoms with Crippen molar-refractivity contribution in [3.05, 3.63) is 6.92 Å². The van der Waals surface area contributed by atoms with Gasteiger partial charge in [0, 0.05) is 13.7 Å². The van der Waals surface area contributed by atoms with Gasteiger partial charge in [0.05, 0.1) is 0 Å². The molecule has 0 aromatic heterocycles. The molecule has 0 spiro atoms. The summed E-state index contributed by atoms with van der Waals surface area (Å²) in [5, 5.41) is 2.54. The first-order valence-corrected chi connectivity index (χ1v) is 4.74. The normalized spacial score (nSPS) is 12.6. The Labute approximate surface area is 109 Å². The van der Waals surface area contributed by atoms with Crippen LogP contribution in [0.4, 0.5) is 4.79 Å². The number of hydrogen-bond donors (Lipinski definition) is 1. The van der Waals surface area contributed by atoms with Gasteiger partial charge in [-0.2, -0.15) is 0 Å². The zero-order valence-corrected chi connectivity index (χ0v) is 10.8. The molecule has 0 aliphatic rings. The first kappa shape index (κ1) is 18.2. The van der Waals surface area contributed by atoms with Crippen molar-refractivity contribution in [1.29, 1.82) is 0 Å². The molecular weight excluding hydrogens is 205 g/mol. The monoisotopic (exact) mass is 225 g/mol. The van der Waals surface area contributed by atoms with Gasteiger partial charge in [-0.3, -0.25) is 0 Å². The van der Waals surface area contributed by atoms with E-state index in [1.807, 2.05) is 0 Å². The molecule has 0 unspecified atom stereocenters. The van der Waals surface area contributed by atoms with Crippen LogP contribution >= 0.6 is 0 Å². The molecule has 0 saturated heterocycles. The third-order valence-electron chi connectivity index (χ3n) is 1.24. The summed E-state index contributed by atoms with van der Waals surface area (Å²) in [6.07, 6.45) is -0.497. The number of nitrogens with one attached hydrogen (secondary N) is 1. The minimum absolute atomic E-state index is 0. The maximum Gasteiger partial charge on any atom is 1.00 e. The average Bonchev–Trinajstić information content (AvgIpc) is 2.00. The van der Waals surface area contributed by atoms with Crippen molar-refractivity contribution >= 4 is 6.09 Å².